The smallest absolute Gasteiger partial charge is 0.341 e. The van der Waals surface area contributed by atoms with E-state index in [0.717, 1.165) is 18.2 Å². The number of esters is 1. The molecule has 254 valence electrons. The summed E-state index contributed by atoms with van der Waals surface area (Å²) in [5.74, 6) is -4.83. The van der Waals surface area contributed by atoms with Gasteiger partial charge in [0.05, 0.1) is 33.8 Å². The first kappa shape index (κ1) is 39.0. The van der Waals surface area contributed by atoms with Crippen molar-refractivity contribution in [1.82, 2.24) is 0 Å². The highest BCUT2D eigenvalue weighted by molar-refractivity contribution is 6.31. The van der Waals surface area contributed by atoms with Gasteiger partial charge in [0.2, 0.25) is 11.6 Å². The standard InChI is InChI=1S/C15H8ClF2NO3.C10H7FO4.C6H5ClFN.2CH4/c16-9-5-7(1-3-10(9)17)19-15(21)8-2-4-11(18)13-12(20)6-22-14(8)13;1-14-10(13)5-2-3-6(11)8-7(12)4-15-9(5)8;7-5-3-4(9)1-2-6(5)8;;/h1-5H,6H2,(H,19,21);2-3H,4H2,1H3;1-3H,9H2;2*1H4. The van der Waals surface area contributed by atoms with Crippen LogP contribution in [0.2, 0.25) is 10.0 Å². The van der Waals surface area contributed by atoms with Crippen LogP contribution in [0.15, 0.2) is 60.7 Å². The fraction of sp³-hybridized carbons (Fsp3) is 0.152. The van der Waals surface area contributed by atoms with Crippen molar-refractivity contribution >= 4 is 58.0 Å². The number of nitrogens with two attached hydrogens (primary N) is 1. The summed E-state index contributed by atoms with van der Waals surface area (Å²) in [6, 6.07) is 12.3. The van der Waals surface area contributed by atoms with Gasteiger partial charge in [-0.3, -0.25) is 14.4 Å². The fourth-order valence-electron chi connectivity index (χ4n) is 4.09. The summed E-state index contributed by atoms with van der Waals surface area (Å²) in [4.78, 5) is 46.3. The van der Waals surface area contributed by atoms with Gasteiger partial charge in [-0.25, -0.2) is 22.4 Å². The zero-order valence-electron chi connectivity index (χ0n) is 23.4. The van der Waals surface area contributed by atoms with Gasteiger partial charge in [-0.15, -0.1) is 0 Å². The van der Waals surface area contributed by atoms with E-state index in [1.165, 1.54) is 49.6 Å². The van der Waals surface area contributed by atoms with Crippen LogP contribution in [-0.2, 0) is 4.74 Å². The van der Waals surface area contributed by atoms with E-state index in [0.29, 0.717) is 5.69 Å². The first-order valence-electron chi connectivity index (χ1n) is 12.8. The minimum atomic E-state index is -0.737. The lowest BCUT2D eigenvalue weighted by Crippen LogP contribution is -2.13. The molecule has 2 heterocycles. The molecule has 2 aliphatic rings. The van der Waals surface area contributed by atoms with E-state index >= 15 is 0 Å². The zero-order valence-corrected chi connectivity index (χ0v) is 24.9. The molecule has 0 saturated carbocycles. The van der Waals surface area contributed by atoms with E-state index in [4.69, 9.17) is 38.4 Å². The second-order valence-electron chi connectivity index (χ2n) is 9.27. The SMILES string of the molecule is C.C.COC(=O)c1ccc(F)c2c1OCC2=O.Nc1ccc(F)c(Cl)c1.O=C(Nc1ccc(F)c(Cl)c1)c1ccc(F)c2c1OCC2=O. The Morgan fingerprint density at radius 3 is 1.67 bits per heavy atom. The Balaban J connectivity index is 0.000000268. The molecule has 0 atom stereocenters. The third-order valence-electron chi connectivity index (χ3n) is 6.24. The molecule has 0 bridgehead atoms. The van der Waals surface area contributed by atoms with Crippen LogP contribution in [-0.4, -0.2) is 43.8 Å². The molecule has 4 aromatic rings. The number of benzene rings is 4. The number of ether oxygens (including phenoxy) is 3. The van der Waals surface area contributed by atoms with Gasteiger partial charge in [0, 0.05) is 11.4 Å². The van der Waals surface area contributed by atoms with Crippen molar-refractivity contribution < 1.29 is 51.0 Å². The maximum absolute atomic E-state index is 13.6. The lowest BCUT2D eigenvalue weighted by molar-refractivity contribution is 0.0596. The van der Waals surface area contributed by atoms with E-state index in [-0.39, 0.29) is 77.6 Å². The van der Waals surface area contributed by atoms with E-state index in [2.05, 4.69) is 10.1 Å². The molecule has 2 aliphatic heterocycles. The largest absolute Gasteiger partial charge is 0.484 e. The van der Waals surface area contributed by atoms with Crippen LogP contribution in [0.1, 0.15) is 56.3 Å². The molecule has 48 heavy (non-hydrogen) atoms. The van der Waals surface area contributed by atoms with Crippen LogP contribution in [0.4, 0.5) is 28.9 Å². The molecule has 9 nitrogen and oxygen atoms in total. The summed E-state index contributed by atoms with van der Waals surface area (Å²) in [5.41, 5.74) is 5.70. The van der Waals surface area contributed by atoms with Gasteiger partial charge in [-0.2, -0.15) is 0 Å². The van der Waals surface area contributed by atoms with Gasteiger partial charge in [-0.1, -0.05) is 38.1 Å². The summed E-state index contributed by atoms with van der Waals surface area (Å²) in [7, 11) is 1.20. The van der Waals surface area contributed by atoms with Crippen LogP contribution in [0.5, 0.6) is 11.5 Å². The van der Waals surface area contributed by atoms with Crippen molar-refractivity contribution in [1.29, 1.82) is 0 Å². The normalized spacial score (nSPS) is 11.8. The number of amides is 1. The summed E-state index contributed by atoms with van der Waals surface area (Å²) < 4.78 is 66.8. The zero-order chi connectivity index (χ0) is 33.7. The van der Waals surface area contributed by atoms with Crippen LogP contribution in [0.25, 0.3) is 0 Å². The maximum atomic E-state index is 13.6. The molecule has 0 radical (unpaired) electrons. The molecule has 0 spiro atoms. The molecule has 4 aromatic carbocycles. The first-order chi connectivity index (χ1) is 21.8. The number of Topliss-reactive ketones (excluding diaryl/α,β-unsaturated/α-hetero) is 2. The molecule has 3 N–H and O–H groups in total. The number of halogens is 6. The van der Waals surface area contributed by atoms with E-state index in [9.17, 15) is 36.7 Å². The van der Waals surface area contributed by atoms with Gasteiger partial charge in [-0.05, 0) is 60.7 Å². The monoisotopic (exact) mass is 710 g/mol. The van der Waals surface area contributed by atoms with Gasteiger partial charge >= 0.3 is 5.97 Å². The number of fused-ring (bicyclic) bond motifs is 2. The minimum absolute atomic E-state index is 0. The number of hydrogen-bond donors (Lipinski definition) is 2. The molecule has 0 saturated heterocycles. The number of rotatable bonds is 3. The van der Waals surface area contributed by atoms with Crippen LogP contribution < -0.4 is 20.5 Å². The third-order valence-corrected chi connectivity index (χ3v) is 6.82. The van der Waals surface area contributed by atoms with Crippen molar-refractivity contribution in [3.05, 3.63) is 116 Å². The molecule has 6 rings (SSSR count). The predicted octanol–water partition coefficient (Wildman–Crippen LogP) is 7.97. The molecule has 0 fully saturated rings. The van der Waals surface area contributed by atoms with E-state index in [1.54, 1.807) is 0 Å². The van der Waals surface area contributed by atoms with Crippen molar-refractivity contribution in [3.8, 4) is 11.5 Å². The van der Waals surface area contributed by atoms with Gasteiger partial charge in [0.15, 0.2) is 13.2 Å². The lowest BCUT2D eigenvalue weighted by atomic mass is 10.1. The number of ketones is 2. The number of carbonyl (C=O) groups is 4. The number of anilines is 2. The average molecular weight is 711 g/mol. The summed E-state index contributed by atoms with van der Waals surface area (Å²) >= 11 is 11.0. The molecule has 15 heteroatoms. The summed E-state index contributed by atoms with van der Waals surface area (Å²) in [6.45, 7) is -0.542. The first-order valence-corrected chi connectivity index (χ1v) is 13.6. The number of methoxy groups -OCH3 is 1. The fourth-order valence-corrected chi connectivity index (χ4v) is 4.46. The minimum Gasteiger partial charge on any atom is -0.484 e. The van der Waals surface area contributed by atoms with Crippen molar-refractivity contribution in [2.45, 2.75) is 14.9 Å². The van der Waals surface area contributed by atoms with Gasteiger partial charge in [0.1, 0.15) is 40.3 Å². The molecule has 0 aliphatic carbocycles. The highest BCUT2D eigenvalue weighted by Gasteiger charge is 2.31. The summed E-state index contributed by atoms with van der Waals surface area (Å²) in [5, 5.41) is 2.41. The molecule has 1 amide bonds. The number of carbonyl (C=O) groups excluding carboxylic acids is 4. The van der Waals surface area contributed by atoms with Crippen molar-refractivity contribution in [3.63, 3.8) is 0 Å². The Morgan fingerprint density at radius 2 is 1.19 bits per heavy atom. The molecule has 0 aromatic heterocycles. The highest BCUT2D eigenvalue weighted by Crippen LogP contribution is 2.33. The Kier molecular flexibility index (Phi) is 13.5. The number of nitrogen functional groups attached to an aromatic ring is 1. The molecule has 0 unspecified atom stereocenters. The predicted molar refractivity (Wildman–Crippen MR) is 172 cm³/mol. The highest BCUT2D eigenvalue weighted by atomic mass is 35.5. The van der Waals surface area contributed by atoms with Crippen LogP contribution >= 0.6 is 23.2 Å². The van der Waals surface area contributed by atoms with Crippen molar-refractivity contribution in [2.24, 2.45) is 0 Å². The second kappa shape index (κ2) is 16.6. The quantitative estimate of drug-likeness (QED) is 0.124. The maximum Gasteiger partial charge on any atom is 0.341 e. The van der Waals surface area contributed by atoms with Gasteiger partial charge < -0.3 is 25.3 Å². The summed E-state index contributed by atoms with van der Waals surface area (Å²) in [6.07, 6.45) is 0. The van der Waals surface area contributed by atoms with Crippen LogP contribution in [0, 0.1) is 23.3 Å². The second-order valence-corrected chi connectivity index (χ2v) is 10.1. The van der Waals surface area contributed by atoms with Crippen molar-refractivity contribution in [2.75, 3.05) is 31.4 Å². The Morgan fingerprint density at radius 1 is 0.729 bits per heavy atom. The Labute approximate surface area is 282 Å². The average Bonchev–Trinajstić information content (AvgIpc) is 3.61. The van der Waals surface area contributed by atoms with Gasteiger partial charge in [0.25, 0.3) is 5.91 Å². The molecular formula is C33H28Cl2F4N2O7. The van der Waals surface area contributed by atoms with Crippen LogP contribution in [0.3, 0.4) is 0 Å². The Bertz CT molecular complexity index is 1890. The topological polar surface area (TPSA) is 134 Å². The number of hydrogen-bond acceptors (Lipinski definition) is 8. The van der Waals surface area contributed by atoms with E-state index in [1.807, 2.05) is 0 Å². The van der Waals surface area contributed by atoms with E-state index < -0.39 is 46.7 Å². The molecular weight excluding hydrogens is 683 g/mol. The third kappa shape index (κ3) is 8.60. The Hall–Kier alpha value is -5.14. The number of nitrogens with one attached hydrogen (secondary N) is 1. The lowest BCUT2D eigenvalue weighted by Gasteiger charge is -2.09.